The van der Waals surface area contributed by atoms with Crippen molar-refractivity contribution in [2.75, 3.05) is 24.6 Å². The Labute approximate surface area is 108 Å². The lowest BCUT2D eigenvalue weighted by atomic mass is 9.98. The Balaban J connectivity index is 2.31. The van der Waals surface area contributed by atoms with Gasteiger partial charge in [0.1, 0.15) is 5.69 Å². The van der Waals surface area contributed by atoms with E-state index in [1.54, 1.807) is 0 Å². The Bertz CT molecular complexity index is 473. The zero-order valence-corrected chi connectivity index (χ0v) is 10.2. The van der Waals surface area contributed by atoms with Crippen LogP contribution in [0.2, 0.25) is 0 Å². The molecular formula is C12H14F2N2O3. The summed E-state index contributed by atoms with van der Waals surface area (Å²) in [6, 6.07) is 1.45. The second-order valence-corrected chi connectivity index (χ2v) is 4.65. The van der Waals surface area contributed by atoms with Crippen LogP contribution in [-0.2, 0) is 0 Å². The third kappa shape index (κ3) is 2.81. The smallest absolute Gasteiger partial charge is 0.275 e. The number of nitrogens with zero attached hydrogens (tertiary/aromatic N) is 2. The van der Waals surface area contributed by atoms with Crippen LogP contribution in [0, 0.1) is 27.7 Å². The summed E-state index contributed by atoms with van der Waals surface area (Å²) >= 11 is 0. The fourth-order valence-corrected chi connectivity index (χ4v) is 2.38. The summed E-state index contributed by atoms with van der Waals surface area (Å²) in [5, 5.41) is 19.6. The molecule has 1 atom stereocenters. The van der Waals surface area contributed by atoms with Gasteiger partial charge in [0.25, 0.3) is 5.69 Å². The first-order valence-corrected chi connectivity index (χ1v) is 6.02. The van der Waals surface area contributed by atoms with Crippen molar-refractivity contribution in [3.8, 4) is 0 Å². The van der Waals surface area contributed by atoms with Gasteiger partial charge in [0, 0.05) is 19.7 Å². The van der Waals surface area contributed by atoms with Crippen LogP contribution >= 0.6 is 0 Å². The van der Waals surface area contributed by atoms with Crippen LogP contribution < -0.4 is 4.90 Å². The minimum Gasteiger partial charge on any atom is -0.396 e. The first kappa shape index (κ1) is 13.7. The van der Waals surface area contributed by atoms with E-state index in [-0.39, 0.29) is 18.2 Å². The number of aliphatic hydroxyl groups is 1. The molecule has 19 heavy (non-hydrogen) atoms. The Kier molecular flexibility index (Phi) is 3.94. The Hall–Kier alpha value is -1.76. The fourth-order valence-electron chi connectivity index (χ4n) is 2.38. The second-order valence-electron chi connectivity index (χ2n) is 4.65. The molecule has 1 aromatic carbocycles. The molecule has 1 unspecified atom stereocenters. The SMILES string of the molecule is O=[N+]([O-])c1cc(F)c(N2CCCC(CO)C2)c(F)c1. The van der Waals surface area contributed by atoms with E-state index in [2.05, 4.69) is 0 Å². The van der Waals surface area contributed by atoms with E-state index in [4.69, 9.17) is 5.11 Å². The van der Waals surface area contributed by atoms with Crippen molar-refractivity contribution in [1.82, 2.24) is 0 Å². The highest BCUT2D eigenvalue weighted by Gasteiger charge is 2.26. The predicted octanol–water partition coefficient (Wildman–Crippen LogP) is 2.08. The Morgan fingerprint density at radius 2 is 2.05 bits per heavy atom. The summed E-state index contributed by atoms with van der Waals surface area (Å²) in [6.07, 6.45) is 1.53. The summed E-state index contributed by atoms with van der Waals surface area (Å²) in [5.74, 6) is -1.90. The number of hydrogen-bond donors (Lipinski definition) is 1. The van der Waals surface area contributed by atoms with Crippen molar-refractivity contribution in [2.24, 2.45) is 5.92 Å². The van der Waals surface area contributed by atoms with Gasteiger partial charge in [-0.3, -0.25) is 10.1 Å². The molecule has 0 aromatic heterocycles. The van der Waals surface area contributed by atoms with E-state index < -0.39 is 22.2 Å². The van der Waals surface area contributed by atoms with Crippen LogP contribution in [0.4, 0.5) is 20.2 Å². The number of benzene rings is 1. The van der Waals surface area contributed by atoms with Crippen LogP contribution in [-0.4, -0.2) is 29.7 Å². The minimum atomic E-state index is -0.940. The van der Waals surface area contributed by atoms with E-state index in [1.807, 2.05) is 0 Å². The molecule has 104 valence electrons. The molecule has 0 bridgehead atoms. The molecule has 1 fully saturated rings. The Morgan fingerprint density at radius 3 is 2.58 bits per heavy atom. The molecule has 0 amide bonds. The van der Waals surface area contributed by atoms with Gasteiger partial charge in [0.05, 0.1) is 17.1 Å². The second kappa shape index (κ2) is 5.48. The number of anilines is 1. The molecule has 7 heteroatoms. The highest BCUT2D eigenvalue weighted by molar-refractivity contribution is 5.54. The van der Waals surface area contributed by atoms with E-state index in [9.17, 15) is 18.9 Å². The first-order chi connectivity index (χ1) is 9.02. The first-order valence-electron chi connectivity index (χ1n) is 6.02. The van der Waals surface area contributed by atoms with Crippen molar-refractivity contribution >= 4 is 11.4 Å². The lowest BCUT2D eigenvalue weighted by molar-refractivity contribution is -0.385. The summed E-state index contributed by atoms with van der Waals surface area (Å²) < 4.78 is 27.7. The minimum absolute atomic E-state index is 0.0252. The van der Waals surface area contributed by atoms with E-state index >= 15 is 0 Å². The average Bonchev–Trinajstić information content (AvgIpc) is 2.38. The molecule has 2 rings (SSSR count). The summed E-state index contributed by atoms with van der Waals surface area (Å²) in [5.41, 5.74) is -0.849. The maximum Gasteiger partial charge on any atom is 0.275 e. The highest BCUT2D eigenvalue weighted by atomic mass is 19.1. The number of aliphatic hydroxyl groups excluding tert-OH is 1. The third-order valence-corrected chi connectivity index (χ3v) is 3.31. The summed E-state index contributed by atoms with van der Waals surface area (Å²) in [6.45, 7) is 0.789. The zero-order chi connectivity index (χ0) is 14.0. The van der Waals surface area contributed by atoms with E-state index in [0.29, 0.717) is 13.1 Å². The van der Waals surface area contributed by atoms with Crippen molar-refractivity contribution in [1.29, 1.82) is 0 Å². The molecule has 0 aliphatic carbocycles. The lowest BCUT2D eigenvalue weighted by Crippen LogP contribution is -2.37. The standard InChI is InChI=1S/C12H14F2N2O3/c13-10-4-9(16(18)19)5-11(14)12(10)15-3-1-2-8(6-15)7-17/h4-5,8,17H,1-3,6-7H2. The van der Waals surface area contributed by atoms with Gasteiger partial charge in [0.2, 0.25) is 0 Å². The number of hydrogen-bond acceptors (Lipinski definition) is 4. The van der Waals surface area contributed by atoms with E-state index in [1.165, 1.54) is 4.90 Å². The molecule has 0 saturated carbocycles. The van der Waals surface area contributed by atoms with Gasteiger partial charge < -0.3 is 10.0 Å². The number of nitro groups is 1. The van der Waals surface area contributed by atoms with Crippen molar-refractivity contribution in [3.05, 3.63) is 33.9 Å². The van der Waals surface area contributed by atoms with Crippen LogP contribution in [0.15, 0.2) is 12.1 Å². The average molecular weight is 272 g/mol. The number of halogens is 2. The van der Waals surface area contributed by atoms with Gasteiger partial charge in [-0.1, -0.05) is 0 Å². The number of piperidine rings is 1. The molecule has 0 radical (unpaired) electrons. The van der Waals surface area contributed by atoms with Gasteiger partial charge >= 0.3 is 0 Å². The van der Waals surface area contributed by atoms with Crippen molar-refractivity contribution < 1.29 is 18.8 Å². The summed E-state index contributed by atoms with van der Waals surface area (Å²) in [7, 11) is 0. The molecule has 1 aliphatic rings. The molecule has 1 saturated heterocycles. The van der Waals surface area contributed by atoms with Crippen molar-refractivity contribution in [2.45, 2.75) is 12.8 Å². The molecular weight excluding hydrogens is 258 g/mol. The van der Waals surface area contributed by atoms with Crippen LogP contribution in [0.3, 0.4) is 0 Å². The zero-order valence-electron chi connectivity index (χ0n) is 10.2. The molecule has 1 aliphatic heterocycles. The van der Waals surface area contributed by atoms with Gasteiger partial charge in [-0.05, 0) is 18.8 Å². The number of rotatable bonds is 3. The highest BCUT2D eigenvalue weighted by Crippen LogP contribution is 2.31. The number of non-ortho nitro benzene ring substituents is 1. The maximum absolute atomic E-state index is 13.8. The van der Waals surface area contributed by atoms with Crippen LogP contribution in [0.1, 0.15) is 12.8 Å². The summed E-state index contributed by atoms with van der Waals surface area (Å²) in [4.78, 5) is 11.2. The molecule has 0 spiro atoms. The van der Waals surface area contributed by atoms with Gasteiger partial charge in [-0.25, -0.2) is 8.78 Å². The Morgan fingerprint density at radius 1 is 1.42 bits per heavy atom. The largest absolute Gasteiger partial charge is 0.396 e. The predicted molar refractivity (Wildman–Crippen MR) is 65.0 cm³/mol. The van der Waals surface area contributed by atoms with Gasteiger partial charge in [-0.2, -0.15) is 0 Å². The quantitative estimate of drug-likeness (QED) is 0.675. The van der Waals surface area contributed by atoms with Crippen LogP contribution in [0.25, 0.3) is 0 Å². The van der Waals surface area contributed by atoms with E-state index in [0.717, 1.165) is 25.0 Å². The third-order valence-electron chi connectivity index (χ3n) is 3.31. The topological polar surface area (TPSA) is 66.6 Å². The monoisotopic (exact) mass is 272 g/mol. The van der Waals surface area contributed by atoms with Crippen LogP contribution in [0.5, 0.6) is 0 Å². The molecule has 1 heterocycles. The molecule has 1 aromatic rings. The lowest BCUT2D eigenvalue weighted by Gasteiger charge is -2.33. The molecule has 1 N–H and O–H groups in total. The maximum atomic E-state index is 13.8. The molecule has 5 nitrogen and oxygen atoms in total. The van der Waals surface area contributed by atoms with Crippen molar-refractivity contribution in [3.63, 3.8) is 0 Å². The fraction of sp³-hybridized carbons (Fsp3) is 0.500. The number of nitro benzene ring substituents is 1. The normalized spacial score (nSPS) is 19.5. The van der Waals surface area contributed by atoms with Gasteiger partial charge in [-0.15, -0.1) is 0 Å². The van der Waals surface area contributed by atoms with Gasteiger partial charge in [0.15, 0.2) is 11.6 Å².